The van der Waals surface area contributed by atoms with E-state index in [0.29, 0.717) is 49.4 Å². The van der Waals surface area contributed by atoms with Crippen molar-refractivity contribution in [3.8, 4) is 11.3 Å². The van der Waals surface area contributed by atoms with Gasteiger partial charge in [-0.25, -0.2) is 8.78 Å². The van der Waals surface area contributed by atoms with Crippen LogP contribution in [0.5, 0.6) is 0 Å². The average molecular weight is 451 g/mol. The summed E-state index contributed by atoms with van der Waals surface area (Å²) in [7, 11) is 1.79. The first-order valence-corrected chi connectivity index (χ1v) is 10.5. The second-order valence-corrected chi connectivity index (χ2v) is 7.78. The Labute approximate surface area is 190 Å². The van der Waals surface area contributed by atoms with E-state index in [1.54, 1.807) is 36.2 Å². The Kier molecular flexibility index (Phi) is 6.74. The molecule has 1 fully saturated rings. The molecular weight excluding hydrogens is 428 g/mol. The molecule has 4 rings (SSSR count). The third-order valence-corrected chi connectivity index (χ3v) is 5.65. The molecule has 1 aromatic heterocycles. The van der Waals surface area contributed by atoms with Crippen molar-refractivity contribution in [2.75, 3.05) is 38.3 Å². The number of amides is 1. The van der Waals surface area contributed by atoms with E-state index in [9.17, 15) is 14.0 Å². The molecule has 0 N–H and O–H groups in total. The maximum absolute atomic E-state index is 15.2. The number of anilines is 1. The second kappa shape index (κ2) is 9.87. The van der Waals surface area contributed by atoms with Gasteiger partial charge < -0.3 is 14.5 Å². The largest absolute Gasteiger partial charge is 0.378 e. The van der Waals surface area contributed by atoms with Gasteiger partial charge in [0.15, 0.2) is 6.29 Å². The summed E-state index contributed by atoms with van der Waals surface area (Å²) < 4.78 is 33.8. The smallest absolute Gasteiger partial charge is 0.254 e. The number of aldehydes is 1. The first-order valence-electron chi connectivity index (χ1n) is 10.5. The summed E-state index contributed by atoms with van der Waals surface area (Å²) in [5, 5.41) is 0. The number of benzene rings is 2. The summed E-state index contributed by atoms with van der Waals surface area (Å²) in [4.78, 5) is 32.2. The van der Waals surface area contributed by atoms with Crippen molar-refractivity contribution in [1.29, 1.82) is 0 Å². The van der Waals surface area contributed by atoms with Crippen LogP contribution in [0, 0.1) is 11.6 Å². The highest BCUT2D eigenvalue weighted by Crippen LogP contribution is 2.29. The molecule has 6 nitrogen and oxygen atoms in total. The Morgan fingerprint density at radius 3 is 2.52 bits per heavy atom. The van der Waals surface area contributed by atoms with Crippen LogP contribution in [0.25, 0.3) is 11.3 Å². The lowest BCUT2D eigenvalue weighted by Gasteiger charge is -2.27. The van der Waals surface area contributed by atoms with E-state index in [0.717, 1.165) is 5.69 Å². The van der Waals surface area contributed by atoms with Gasteiger partial charge in [-0.1, -0.05) is 0 Å². The highest BCUT2D eigenvalue weighted by atomic mass is 19.1. The summed E-state index contributed by atoms with van der Waals surface area (Å²) in [5.74, 6) is -1.21. The monoisotopic (exact) mass is 451 g/mol. The maximum atomic E-state index is 15.2. The van der Waals surface area contributed by atoms with Gasteiger partial charge in [-0.05, 0) is 48.5 Å². The van der Waals surface area contributed by atoms with Gasteiger partial charge in [0, 0.05) is 60.8 Å². The predicted molar refractivity (Wildman–Crippen MR) is 120 cm³/mol. The predicted octanol–water partition coefficient (Wildman–Crippen LogP) is 3.95. The number of hydrogen-bond acceptors (Lipinski definition) is 5. The summed E-state index contributed by atoms with van der Waals surface area (Å²) in [6, 6.07) is 11.8. The molecule has 2 aromatic carbocycles. The molecule has 2 heterocycles. The van der Waals surface area contributed by atoms with Crippen LogP contribution in [0.15, 0.2) is 54.7 Å². The van der Waals surface area contributed by atoms with Crippen molar-refractivity contribution in [2.45, 2.75) is 6.54 Å². The number of carbonyl (C=O) groups excluding carboxylic acids is 2. The number of halogens is 2. The SMILES string of the molecule is CN(Cc1c(C=O)ccnc1-c1ccc(C(=O)N2CCOCC2)cc1F)c1ccc(F)cc1. The molecule has 1 saturated heterocycles. The standard InChI is InChI=1S/C25H23F2N3O3/c1-29(20-5-3-19(26)4-6-20)15-22-18(16-31)8-9-28-24(22)21-7-2-17(14-23(21)27)25(32)30-10-12-33-13-11-30/h2-9,14,16H,10-13,15H2,1H3. The molecule has 0 spiro atoms. The van der Waals surface area contributed by atoms with Gasteiger partial charge >= 0.3 is 0 Å². The van der Waals surface area contributed by atoms with Crippen molar-refractivity contribution in [1.82, 2.24) is 9.88 Å². The van der Waals surface area contributed by atoms with Crippen LogP contribution >= 0.6 is 0 Å². The number of hydrogen-bond donors (Lipinski definition) is 0. The van der Waals surface area contributed by atoms with Crippen molar-refractivity contribution >= 4 is 17.9 Å². The second-order valence-electron chi connectivity index (χ2n) is 7.78. The maximum Gasteiger partial charge on any atom is 0.254 e. The zero-order valence-electron chi connectivity index (χ0n) is 18.1. The Bertz CT molecular complexity index is 1160. The lowest BCUT2D eigenvalue weighted by atomic mass is 9.99. The highest BCUT2D eigenvalue weighted by molar-refractivity contribution is 5.95. The van der Waals surface area contributed by atoms with Gasteiger partial charge in [-0.15, -0.1) is 0 Å². The normalized spacial score (nSPS) is 13.6. The molecule has 170 valence electrons. The lowest BCUT2D eigenvalue weighted by molar-refractivity contribution is 0.0302. The van der Waals surface area contributed by atoms with Crippen molar-refractivity contribution in [3.63, 3.8) is 0 Å². The van der Waals surface area contributed by atoms with E-state index in [4.69, 9.17) is 4.74 Å². The van der Waals surface area contributed by atoms with Gasteiger partial charge in [0.25, 0.3) is 5.91 Å². The molecule has 0 bridgehead atoms. The zero-order chi connectivity index (χ0) is 23.4. The number of aromatic nitrogens is 1. The lowest BCUT2D eigenvalue weighted by Crippen LogP contribution is -2.40. The molecule has 0 radical (unpaired) electrons. The Morgan fingerprint density at radius 2 is 1.85 bits per heavy atom. The minimum absolute atomic E-state index is 0.194. The molecule has 0 saturated carbocycles. The average Bonchev–Trinajstić information content (AvgIpc) is 2.84. The van der Waals surface area contributed by atoms with Crippen LogP contribution in [0.3, 0.4) is 0 Å². The molecule has 33 heavy (non-hydrogen) atoms. The molecule has 8 heteroatoms. The van der Waals surface area contributed by atoms with E-state index in [1.807, 2.05) is 4.90 Å². The van der Waals surface area contributed by atoms with Gasteiger partial charge in [0.05, 0.1) is 18.9 Å². The number of rotatable bonds is 6. The van der Waals surface area contributed by atoms with Gasteiger partial charge in [-0.3, -0.25) is 14.6 Å². The van der Waals surface area contributed by atoms with E-state index < -0.39 is 5.82 Å². The van der Waals surface area contributed by atoms with Gasteiger partial charge in [0.2, 0.25) is 0 Å². The molecule has 0 aliphatic carbocycles. The third-order valence-electron chi connectivity index (χ3n) is 5.65. The van der Waals surface area contributed by atoms with Crippen LogP contribution in [0.4, 0.5) is 14.5 Å². The first-order chi connectivity index (χ1) is 16.0. The minimum atomic E-state index is -0.602. The molecule has 1 aliphatic rings. The first kappa shape index (κ1) is 22.5. The molecule has 1 amide bonds. The molecule has 0 atom stereocenters. The van der Waals surface area contributed by atoms with E-state index >= 15 is 4.39 Å². The van der Waals surface area contributed by atoms with Crippen molar-refractivity contribution in [2.24, 2.45) is 0 Å². The van der Waals surface area contributed by atoms with Gasteiger partial charge in [0.1, 0.15) is 11.6 Å². The van der Waals surface area contributed by atoms with Gasteiger partial charge in [-0.2, -0.15) is 0 Å². The molecule has 0 unspecified atom stereocenters. The Morgan fingerprint density at radius 1 is 1.12 bits per heavy atom. The highest BCUT2D eigenvalue weighted by Gasteiger charge is 2.22. The summed E-state index contributed by atoms with van der Waals surface area (Å²) >= 11 is 0. The number of ether oxygens (including phenoxy) is 1. The Hall–Kier alpha value is -3.65. The Balaban J connectivity index is 1.66. The van der Waals surface area contributed by atoms with Crippen LogP contribution in [0.1, 0.15) is 26.3 Å². The number of nitrogens with zero attached hydrogens (tertiary/aromatic N) is 3. The zero-order valence-corrected chi connectivity index (χ0v) is 18.1. The fourth-order valence-electron chi connectivity index (χ4n) is 3.83. The molecule has 1 aliphatic heterocycles. The molecular formula is C25H23F2N3O3. The third kappa shape index (κ3) is 4.90. The van der Waals surface area contributed by atoms with Crippen LogP contribution in [-0.4, -0.2) is 55.4 Å². The molecule has 3 aromatic rings. The quantitative estimate of drug-likeness (QED) is 0.531. The number of pyridine rings is 1. The van der Waals surface area contributed by atoms with E-state index in [2.05, 4.69) is 4.98 Å². The van der Waals surface area contributed by atoms with Crippen LogP contribution < -0.4 is 4.90 Å². The minimum Gasteiger partial charge on any atom is -0.378 e. The fourth-order valence-corrected chi connectivity index (χ4v) is 3.83. The van der Waals surface area contributed by atoms with Crippen LogP contribution in [0.2, 0.25) is 0 Å². The van der Waals surface area contributed by atoms with Crippen molar-refractivity contribution in [3.05, 3.63) is 83.1 Å². The fraction of sp³-hybridized carbons (Fsp3) is 0.240. The van der Waals surface area contributed by atoms with E-state index in [-0.39, 0.29) is 29.4 Å². The summed E-state index contributed by atoms with van der Waals surface area (Å²) in [5.41, 5.74) is 2.40. The summed E-state index contributed by atoms with van der Waals surface area (Å²) in [6.07, 6.45) is 2.15. The summed E-state index contributed by atoms with van der Waals surface area (Å²) in [6.45, 7) is 2.09. The topological polar surface area (TPSA) is 62.7 Å². The van der Waals surface area contributed by atoms with Crippen LogP contribution in [-0.2, 0) is 11.3 Å². The number of morpholine rings is 1. The number of carbonyl (C=O) groups is 2. The van der Waals surface area contributed by atoms with Crippen molar-refractivity contribution < 1.29 is 23.1 Å². The van der Waals surface area contributed by atoms with E-state index in [1.165, 1.54) is 30.5 Å².